The summed E-state index contributed by atoms with van der Waals surface area (Å²) in [4.78, 5) is 24.2. The molecule has 1 heterocycles. The Labute approximate surface area is 84.6 Å². The number of pyridine rings is 1. The maximum absolute atomic E-state index is 12.8. The summed E-state index contributed by atoms with van der Waals surface area (Å²) in [5.41, 5.74) is 0.485. The molecule has 15 heavy (non-hydrogen) atoms. The van der Waals surface area contributed by atoms with Crippen LogP contribution in [0.3, 0.4) is 0 Å². The second kappa shape index (κ2) is 3.65. The molecule has 0 aliphatic carbocycles. The van der Waals surface area contributed by atoms with Crippen molar-refractivity contribution < 1.29 is 9.18 Å². The number of carbonyl (C=O) groups excluding carboxylic acids is 1. The first-order chi connectivity index (χ1) is 7.20. The zero-order valence-electron chi connectivity index (χ0n) is 7.79. The predicted octanol–water partition coefficient (Wildman–Crippen LogP) is 1.41. The lowest BCUT2D eigenvalue weighted by Gasteiger charge is -2.00. The fourth-order valence-corrected chi connectivity index (χ4v) is 1.46. The predicted molar refractivity (Wildman–Crippen MR) is 54.3 cm³/mol. The number of carbonyl (C=O) groups is 1. The zero-order chi connectivity index (χ0) is 10.8. The molecule has 0 amide bonds. The lowest BCUT2D eigenvalue weighted by atomic mass is 10.1. The maximum Gasteiger partial charge on any atom is 0.252 e. The largest absolute Gasteiger partial charge is 0.322 e. The van der Waals surface area contributed by atoms with E-state index in [0.717, 1.165) is 0 Å². The molecule has 2 aromatic rings. The van der Waals surface area contributed by atoms with Crippen molar-refractivity contribution in [2.24, 2.45) is 0 Å². The van der Waals surface area contributed by atoms with E-state index in [1.807, 2.05) is 0 Å². The van der Waals surface area contributed by atoms with Crippen LogP contribution in [0.5, 0.6) is 0 Å². The topological polar surface area (TPSA) is 49.9 Å². The minimum Gasteiger partial charge on any atom is -0.322 e. The number of H-pyrrole nitrogens is 1. The van der Waals surface area contributed by atoms with Gasteiger partial charge in [-0.1, -0.05) is 0 Å². The quantitative estimate of drug-likeness (QED) is 0.753. The van der Waals surface area contributed by atoms with Crippen LogP contribution in [-0.4, -0.2) is 11.3 Å². The Balaban J connectivity index is 2.70. The molecule has 1 aromatic carbocycles. The van der Waals surface area contributed by atoms with Crippen molar-refractivity contribution in [3.8, 4) is 0 Å². The number of hydrogen-bond donors (Lipinski definition) is 1. The standard InChI is InChI=1S/C11H8FNO2/c12-9-2-1-7-5-8(3-4-14)11(15)13-10(7)6-9/h1-2,4-6H,3H2,(H,13,15). The van der Waals surface area contributed by atoms with Crippen LogP contribution in [0.15, 0.2) is 29.1 Å². The Bertz CT molecular complexity index is 574. The zero-order valence-corrected chi connectivity index (χ0v) is 7.79. The van der Waals surface area contributed by atoms with Crippen LogP contribution >= 0.6 is 0 Å². The van der Waals surface area contributed by atoms with Crippen LogP contribution in [0.4, 0.5) is 4.39 Å². The van der Waals surface area contributed by atoms with Crippen LogP contribution in [0.1, 0.15) is 5.56 Å². The summed E-state index contributed by atoms with van der Waals surface area (Å²) in [6, 6.07) is 5.73. The molecule has 0 bridgehead atoms. The van der Waals surface area contributed by atoms with Gasteiger partial charge < -0.3 is 9.78 Å². The first-order valence-electron chi connectivity index (χ1n) is 4.46. The van der Waals surface area contributed by atoms with Crippen molar-refractivity contribution in [3.63, 3.8) is 0 Å². The Morgan fingerprint density at radius 1 is 1.33 bits per heavy atom. The highest BCUT2D eigenvalue weighted by atomic mass is 19.1. The van der Waals surface area contributed by atoms with Crippen LogP contribution in [0.25, 0.3) is 10.9 Å². The molecule has 2 rings (SSSR count). The van der Waals surface area contributed by atoms with E-state index in [-0.39, 0.29) is 12.0 Å². The van der Waals surface area contributed by atoms with E-state index in [0.29, 0.717) is 22.8 Å². The van der Waals surface area contributed by atoms with E-state index in [1.54, 1.807) is 12.1 Å². The van der Waals surface area contributed by atoms with Crippen LogP contribution < -0.4 is 5.56 Å². The van der Waals surface area contributed by atoms with Crippen LogP contribution in [0, 0.1) is 5.82 Å². The summed E-state index contributed by atoms with van der Waals surface area (Å²) in [5, 5.41) is 0.716. The number of aromatic amines is 1. The minimum absolute atomic E-state index is 0.0721. The highest BCUT2D eigenvalue weighted by molar-refractivity contribution is 5.79. The second-order valence-corrected chi connectivity index (χ2v) is 3.23. The molecule has 1 aromatic heterocycles. The number of nitrogens with one attached hydrogen (secondary N) is 1. The van der Waals surface area contributed by atoms with Gasteiger partial charge in [0.2, 0.25) is 0 Å². The monoisotopic (exact) mass is 205 g/mol. The lowest BCUT2D eigenvalue weighted by molar-refractivity contribution is -0.107. The normalized spacial score (nSPS) is 10.5. The summed E-state index contributed by atoms with van der Waals surface area (Å²) >= 11 is 0. The number of hydrogen-bond acceptors (Lipinski definition) is 2. The van der Waals surface area contributed by atoms with Gasteiger partial charge in [0, 0.05) is 12.0 Å². The molecule has 76 valence electrons. The molecule has 4 heteroatoms. The van der Waals surface area contributed by atoms with Gasteiger partial charge in [0.25, 0.3) is 5.56 Å². The van der Waals surface area contributed by atoms with Gasteiger partial charge in [0.05, 0.1) is 5.52 Å². The van der Waals surface area contributed by atoms with Crippen LogP contribution in [0.2, 0.25) is 0 Å². The van der Waals surface area contributed by atoms with Gasteiger partial charge in [0.15, 0.2) is 0 Å². The maximum atomic E-state index is 12.8. The van der Waals surface area contributed by atoms with Gasteiger partial charge in [0.1, 0.15) is 12.1 Å². The third kappa shape index (κ3) is 1.79. The summed E-state index contributed by atoms with van der Waals surface area (Å²) < 4.78 is 12.8. The van der Waals surface area contributed by atoms with Gasteiger partial charge in [-0.05, 0) is 29.7 Å². The van der Waals surface area contributed by atoms with E-state index in [1.165, 1.54) is 12.1 Å². The van der Waals surface area contributed by atoms with Gasteiger partial charge in [-0.3, -0.25) is 4.79 Å². The van der Waals surface area contributed by atoms with Crippen LogP contribution in [-0.2, 0) is 11.2 Å². The highest BCUT2D eigenvalue weighted by Crippen LogP contribution is 2.12. The van der Waals surface area contributed by atoms with Gasteiger partial charge in [-0.15, -0.1) is 0 Å². The molecule has 0 saturated heterocycles. The van der Waals surface area contributed by atoms with Gasteiger partial charge in [-0.2, -0.15) is 0 Å². The van der Waals surface area contributed by atoms with Crippen molar-refractivity contribution >= 4 is 17.2 Å². The van der Waals surface area contributed by atoms with E-state index in [9.17, 15) is 14.0 Å². The molecule has 0 saturated carbocycles. The third-order valence-electron chi connectivity index (χ3n) is 2.19. The summed E-state index contributed by atoms with van der Waals surface area (Å²) in [5.74, 6) is -0.402. The molecule has 0 unspecified atom stereocenters. The first kappa shape index (κ1) is 9.58. The fourth-order valence-electron chi connectivity index (χ4n) is 1.46. The molecule has 0 radical (unpaired) electrons. The average molecular weight is 205 g/mol. The number of rotatable bonds is 2. The second-order valence-electron chi connectivity index (χ2n) is 3.23. The Hall–Kier alpha value is -1.97. The average Bonchev–Trinajstić information content (AvgIpc) is 2.20. The van der Waals surface area contributed by atoms with Crippen molar-refractivity contribution in [2.75, 3.05) is 0 Å². The molecule has 0 atom stereocenters. The fraction of sp³-hybridized carbons (Fsp3) is 0.0909. The van der Waals surface area contributed by atoms with Crippen molar-refractivity contribution in [3.05, 3.63) is 46.0 Å². The SMILES string of the molecule is O=CCc1cc2ccc(F)cc2[nH]c1=O. The summed E-state index contributed by atoms with van der Waals surface area (Å²) in [7, 11) is 0. The number of fused-ring (bicyclic) bond motifs is 1. The highest BCUT2D eigenvalue weighted by Gasteiger charge is 2.02. The Morgan fingerprint density at radius 3 is 2.87 bits per heavy atom. The number of aldehydes is 1. The Kier molecular flexibility index (Phi) is 2.33. The number of aromatic nitrogens is 1. The molecule has 1 N–H and O–H groups in total. The smallest absolute Gasteiger partial charge is 0.252 e. The van der Waals surface area contributed by atoms with Crippen molar-refractivity contribution in [2.45, 2.75) is 6.42 Å². The first-order valence-corrected chi connectivity index (χ1v) is 4.46. The number of halogens is 1. The molecule has 0 fully saturated rings. The summed E-state index contributed by atoms with van der Waals surface area (Å²) in [6.07, 6.45) is 0.739. The third-order valence-corrected chi connectivity index (χ3v) is 2.19. The molecular weight excluding hydrogens is 197 g/mol. The van der Waals surface area contributed by atoms with E-state index in [2.05, 4.69) is 4.98 Å². The molecule has 0 aliphatic heterocycles. The van der Waals surface area contributed by atoms with E-state index < -0.39 is 5.82 Å². The van der Waals surface area contributed by atoms with E-state index >= 15 is 0 Å². The van der Waals surface area contributed by atoms with Crippen molar-refractivity contribution in [1.29, 1.82) is 0 Å². The molecular formula is C11H8FNO2. The molecule has 0 spiro atoms. The number of benzene rings is 1. The van der Waals surface area contributed by atoms with Crippen molar-refractivity contribution in [1.82, 2.24) is 4.98 Å². The Morgan fingerprint density at radius 2 is 2.13 bits per heavy atom. The molecule has 0 aliphatic rings. The lowest BCUT2D eigenvalue weighted by Crippen LogP contribution is -2.12. The van der Waals surface area contributed by atoms with E-state index in [4.69, 9.17) is 0 Å². The van der Waals surface area contributed by atoms with Gasteiger partial charge in [-0.25, -0.2) is 4.39 Å². The summed E-state index contributed by atoms with van der Waals surface area (Å²) in [6.45, 7) is 0. The minimum atomic E-state index is -0.402. The van der Waals surface area contributed by atoms with Gasteiger partial charge >= 0.3 is 0 Å². The molecule has 3 nitrogen and oxygen atoms in total.